The summed E-state index contributed by atoms with van der Waals surface area (Å²) in [6.45, 7) is 0. The van der Waals surface area contributed by atoms with Crippen LogP contribution in [0.15, 0.2) is 46.9 Å². The zero-order valence-electron chi connectivity index (χ0n) is 15.5. The fourth-order valence-corrected chi connectivity index (χ4v) is 4.20. The van der Waals surface area contributed by atoms with E-state index in [0.29, 0.717) is 25.0 Å². The normalized spacial score (nSPS) is 21.8. The van der Waals surface area contributed by atoms with Gasteiger partial charge in [0.1, 0.15) is 5.82 Å². The Morgan fingerprint density at radius 1 is 1.07 bits per heavy atom. The molecule has 2 aromatic rings. The lowest BCUT2D eigenvalue weighted by molar-refractivity contribution is -0.148. The monoisotopic (exact) mass is 487 g/mol. The van der Waals surface area contributed by atoms with Crippen molar-refractivity contribution in [3.63, 3.8) is 0 Å². The van der Waals surface area contributed by atoms with Crippen LogP contribution in [0.4, 0.5) is 23.2 Å². The van der Waals surface area contributed by atoms with Crippen LogP contribution in [0, 0.1) is 17.7 Å². The summed E-state index contributed by atoms with van der Waals surface area (Å²) in [6.07, 6.45) is -3.24. The Hall–Kier alpha value is -2.42. The van der Waals surface area contributed by atoms with Crippen LogP contribution in [-0.4, -0.2) is 17.0 Å². The number of carboxylic acid groups (broad SMARTS) is 1. The smallest absolute Gasteiger partial charge is 0.416 e. The average molecular weight is 488 g/mol. The van der Waals surface area contributed by atoms with Crippen LogP contribution in [0.1, 0.15) is 36.3 Å². The van der Waals surface area contributed by atoms with Crippen LogP contribution in [0.3, 0.4) is 0 Å². The zero-order valence-corrected chi connectivity index (χ0v) is 17.1. The number of amides is 1. The molecule has 1 saturated carbocycles. The second-order valence-electron chi connectivity index (χ2n) is 7.24. The van der Waals surface area contributed by atoms with Gasteiger partial charge in [0.15, 0.2) is 0 Å². The first-order valence-electron chi connectivity index (χ1n) is 9.24. The third-order valence-electron chi connectivity index (χ3n) is 5.37. The summed E-state index contributed by atoms with van der Waals surface area (Å²) in [5.74, 6) is -5.47. The standard InChI is InChI=1S/C21H18BrF4NO3/c22-13-7-4-11(5-8-13)14-2-1-3-15(18(14)20(29)30)19(28)27-17-9-6-12(10-16(17)23)21(24,25)26/h4-10,14-15,18H,1-3H2,(H,27,28)(H,29,30)/t14?,15-,18?/m0/s1. The van der Waals surface area contributed by atoms with E-state index in [-0.39, 0.29) is 6.42 Å². The van der Waals surface area contributed by atoms with Crippen LogP contribution in [-0.2, 0) is 15.8 Å². The van der Waals surface area contributed by atoms with Gasteiger partial charge in [-0.15, -0.1) is 0 Å². The molecule has 3 atom stereocenters. The number of halogens is 5. The van der Waals surface area contributed by atoms with Crippen LogP contribution < -0.4 is 5.32 Å². The number of hydrogen-bond donors (Lipinski definition) is 2. The predicted molar refractivity (Wildman–Crippen MR) is 105 cm³/mol. The van der Waals surface area contributed by atoms with Gasteiger partial charge in [0, 0.05) is 4.47 Å². The van der Waals surface area contributed by atoms with Gasteiger partial charge in [0.25, 0.3) is 0 Å². The van der Waals surface area contributed by atoms with E-state index < -0.39 is 52.9 Å². The largest absolute Gasteiger partial charge is 0.481 e. The number of nitrogens with one attached hydrogen (secondary N) is 1. The molecule has 1 aliphatic carbocycles. The van der Waals surface area contributed by atoms with E-state index in [9.17, 15) is 32.3 Å². The number of rotatable bonds is 4. The van der Waals surface area contributed by atoms with Gasteiger partial charge in [0.05, 0.1) is 23.1 Å². The number of benzene rings is 2. The minimum atomic E-state index is -4.71. The summed E-state index contributed by atoms with van der Waals surface area (Å²) in [6, 6.07) is 8.96. The maximum absolute atomic E-state index is 14.1. The summed E-state index contributed by atoms with van der Waals surface area (Å²) < 4.78 is 53.0. The fraction of sp³-hybridized carbons (Fsp3) is 0.333. The molecule has 0 aromatic heterocycles. The van der Waals surface area contributed by atoms with Gasteiger partial charge >= 0.3 is 12.1 Å². The molecule has 9 heteroatoms. The highest BCUT2D eigenvalue weighted by molar-refractivity contribution is 9.10. The van der Waals surface area contributed by atoms with Crippen molar-refractivity contribution in [1.29, 1.82) is 0 Å². The minimum Gasteiger partial charge on any atom is -0.481 e. The van der Waals surface area contributed by atoms with Crippen LogP contribution >= 0.6 is 15.9 Å². The number of anilines is 1. The van der Waals surface area contributed by atoms with Crippen molar-refractivity contribution in [3.8, 4) is 0 Å². The van der Waals surface area contributed by atoms with Gasteiger partial charge < -0.3 is 10.4 Å². The van der Waals surface area contributed by atoms with Gasteiger partial charge in [-0.25, -0.2) is 4.39 Å². The highest BCUT2D eigenvalue weighted by atomic mass is 79.9. The Balaban J connectivity index is 1.83. The molecule has 3 rings (SSSR count). The second-order valence-corrected chi connectivity index (χ2v) is 8.16. The lowest BCUT2D eigenvalue weighted by atomic mass is 9.69. The molecule has 0 radical (unpaired) electrons. The molecule has 1 fully saturated rings. The Kier molecular flexibility index (Phi) is 6.50. The zero-order chi connectivity index (χ0) is 22.1. The van der Waals surface area contributed by atoms with E-state index in [4.69, 9.17) is 0 Å². The van der Waals surface area contributed by atoms with E-state index in [2.05, 4.69) is 21.2 Å². The van der Waals surface area contributed by atoms with Crippen molar-refractivity contribution in [2.45, 2.75) is 31.4 Å². The Morgan fingerprint density at radius 2 is 1.73 bits per heavy atom. The number of aliphatic carboxylic acids is 1. The average Bonchev–Trinajstić information content (AvgIpc) is 2.68. The molecular formula is C21H18BrF4NO3. The molecule has 0 heterocycles. The van der Waals surface area contributed by atoms with Crippen LogP contribution in [0.25, 0.3) is 0 Å². The van der Waals surface area contributed by atoms with E-state index in [1.165, 1.54) is 0 Å². The number of carbonyl (C=O) groups is 2. The van der Waals surface area contributed by atoms with Gasteiger partial charge in [-0.2, -0.15) is 13.2 Å². The van der Waals surface area contributed by atoms with Gasteiger partial charge in [0.2, 0.25) is 5.91 Å². The van der Waals surface area contributed by atoms with Gasteiger partial charge in [-0.1, -0.05) is 34.5 Å². The van der Waals surface area contributed by atoms with E-state index in [1.54, 1.807) is 24.3 Å². The highest BCUT2D eigenvalue weighted by Gasteiger charge is 2.43. The molecule has 4 nitrogen and oxygen atoms in total. The number of carbonyl (C=O) groups excluding carboxylic acids is 1. The number of hydrogen-bond acceptors (Lipinski definition) is 2. The summed E-state index contributed by atoms with van der Waals surface area (Å²) in [4.78, 5) is 24.8. The third kappa shape index (κ3) is 4.83. The molecule has 1 amide bonds. The molecule has 2 N–H and O–H groups in total. The molecule has 0 saturated heterocycles. The number of carboxylic acids is 1. The molecule has 0 spiro atoms. The van der Waals surface area contributed by atoms with E-state index in [1.807, 2.05) is 0 Å². The summed E-state index contributed by atoms with van der Waals surface area (Å²) in [7, 11) is 0. The lowest BCUT2D eigenvalue weighted by Crippen LogP contribution is -2.40. The Morgan fingerprint density at radius 3 is 2.30 bits per heavy atom. The first kappa shape index (κ1) is 22.3. The molecule has 0 aliphatic heterocycles. The molecule has 1 aliphatic rings. The first-order valence-corrected chi connectivity index (χ1v) is 10.0. The highest BCUT2D eigenvalue weighted by Crippen LogP contribution is 2.42. The second kappa shape index (κ2) is 8.75. The molecule has 2 unspecified atom stereocenters. The van der Waals surface area contributed by atoms with Crippen molar-refractivity contribution < 1.29 is 32.3 Å². The minimum absolute atomic E-state index is 0.290. The number of alkyl halides is 3. The summed E-state index contributed by atoms with van der Waals surface area (Å²) in [5, 5.41) is 12.1. The van der Waals surface area contributed by atoms with Gasteiger partial charge in [-0.05, 0) is 54.7 Å². The molecule has 30 heavy (non-hydrogen) atoms. The van der Waals surface area contributed by atoms with E-state index >= 15 is 0 Å². The molecule has 0 bridgehead atoms. The molecule has 160 valence electrons. The lowest BCUT2D eigenvalue weighted by Gasteiger charge is -2.35. The molecular weight excluding hydrogens is 470 g/mol. The van der Waals surface area contributed by atoms with Crippen LogP contribution in [0.5, 0.6) is 0 Å². The van der Waals surface area contributed by atoms with E-state index in [0.717, 1.165) is 16.1 Å². The van der Waals surface area contributed by atoms with Crippen molar-refractivity contribution >= 4 is 33.5 Å². The van der Waals surface area contributed by atoms with Crippen LogP contribution in [0.2, 0.25) is 0 Å². The predicted octanol–water partition coefficient (Wildman–Crippen LogP) is 5.83. The first-order chi connectivity index (χ1) is 14.1. The Bertz CT molecular complexity index is 946. The van der Waals surface area contributed by atoms with Crippen molar-refractivity contribution in [3.05, 3.63) is 63.9 Å². The summed E-state index contributed by atoms with van der Waals surface area (Å²) >= 11 is 3.32. The third-order valence-corrected chi connectivity index (χ3v) is 5.90. The van der Waals surface area contributed by atoms with Crippen molar-refractivity contribution in [2.75, 3.05) is 5.32 Å². The quantitative estimate of drug-likeness (QED) is 0.533. The fourth-order valence-electron chi connectivity index (χ4n) is 3.94. The van der Waals surface area contributed by atoms with Crippen molar-refractivity contribution in [2.24, 2.45) is 11.8 Å². The topological polar surface area (TPSA) is 66.4 Å². The Labute approximate surface area is 178 Å². The molecule has 2 aromatic carbocycles. The SMILES string of the molecule is O=C(O)C1C(c2ccc(Br)cc2)CCC[C@@H]1C(=O)Nc1ccc(C(F)(F)F)cc1F. The van der Waals surface area contributed by atoms with Gasteiger partial charge in [-0.3, -0.25) is 9.59 Å². The van der Waals surface area contributed by atoms with Crippen molar-refractivity contribution in [1.82, 2.24) is 0 Å². The maximum Gasteiger partial charge on any atom is 0.416 e. The summed E-state index contributed by atoms with van der Waals surface area (Å²) in [5.41, 5.74) is -0.805. The maximum atomic E-state index is 14.1.